The number of nitrogens with one attached hydrogen (secondary N) is 1. The largest absolute Gasteiger partial charge is 0.316 e. The summed E-state index contributed by atoms with van der Waals surface area (Å²) in [6.45, 7) is 2.26. The van der Waals surface area contributed by atoms with E-state index >= 15 is 0 Å². The van der Waals surface area contributed by atoms with E-state index in [0.29, 0.717) is 11.5 Å². The lowest BCUT2D eigenvalue weighted by molar-refractivity contribution is 0.146. The lowest BCUT2D eigenvalue weighted by Crippen LogP contribution is -2.45. The highest BCUT2D eigenvalue weighted by molar-refractivity contribution is 5.50. The number of fused-ring (bicyclic) bond motifs is 2. The summed E-state index contributed by atoms with van der Waals surface area (Å²) < 4.78 is 13.6. The maximum absolute atomic E-state index is 13.6. The molecule has 2 bridgehead atoms. The van der Waals surface area contributed by atoms with E-state index in [1.54, 1.807) is 6.07 Å². The van der Waals surface area contributed by atoms with Gasteiger partial charge in [0.1, 0.15) is 5.82 Å². The highest BCUT2D eigenvalue weighted by Crippen LogP contribution is 2.38. The summed E-state index contributed by atoms with van der Waals surface area (Å²) in [6, 6.07) is 7.02. The van der Waals surface area contributed by atoms with Gasteiger partial charge in [-0.05, 0) is 49.8 Å². The average molecular weight is 245 g/mol. The Morgan fingerprint density at radius 3 is 2.56 bits per heavy atom. The summed E-state index contributed by atoms with van der Waals surface area (Å²) in [5.74, 6) is 2.02. The molecule has 1 N–H and O–H groups in total. The highest BCUT2D eigenvalue weighted by atomic mass is 19.1. The van der Waals surface area contributed by atoms with Crippen molar-refractivity contribution in [2.45, 2.75) is 19.3 Å². The Balaban J connectivity index is 1.77. The van der Waals surface area contributed by atoms with Crippen LogP contribution in [0.2, 0.25) is 0 Å². The SMILES string of the molecule is Fc1ccccc1/C=C/C1C2CCCC1CNC2. The molecule has 1 heterocycles. The fourth-order valence-electron chi connectivity index (χ4n) is 3.48. The molecule has 18 heavy (non-hydrogen) atoms. The van der Waals surface area contributed by atoms with Crippen molar-refractivity contribution in [3.8, 4) is 0 Å². The van der Waals surface area contributed by atoms with E-state index in [0.717, 1.165) is 24.9 Å². The van der Waals surface area contributed by atoms with Gasteiger partial charge in [0, 0.05) is 5.56 Å². The van der Waals surface area contributed by atoms with Crippen LogP contribution >= 0.6 is 0 Å². The first-order valence-electron chi connectivity index (χ1n) is 6.98. The lowest BCUT2D eigenvalue weighted by atomic mass is 9.69. The van der Waals surface area contributed by atoms with E-state index in [-0.39, 0.29) is 5.82 Å². The zero-order valence-electron chi connectivity index (χ0n) is 10.6. The van der Waals surface area contributed by atoms with Crippen molar-refractivity contribution in [3.63, 3.8) is 0 Å². The van der Waals surface area contributed by atoms with Crippen molar-refractivity contribution in [1.29, 1.82) is 0 Å². The normalized spacial score (nSPS) is 31.7. The van der Waals surface area contributed by atoms with Gasteiger partial charge in [-0.15, -0.1) is 0 Å². The third kappa shape index (κ3) is 2.35. The van der Waals surface area contributed by atoms with E-state index < -0.39 is 0 Å². The number of halogens is 1. The predicted molar refractivity (Wildman–Crippen MR) is 72.6 cm³/mol. The molecule has 0 amide bonds. The Hall–Kier alpha value is -1.15. The van der Waals surface area contributed by atoms with Crippen LogP contribution in [0.25, 0.3) is 6.08 Å². The van der Waals surface area contributed by atoms with Crippen molar-refractivity contribution in [3.05, 3.63) is 41.7 Å². The van der Waals surface area contributed by atoms with Crippen molar-refractivity contribution in [2.24, 2.45) is 17.8 Å². The van der Waals surface area contributed by atoms with Crippen LogP contribution in [0.15, 0.2) is 30.3 Å². The van der Waals surface area contributed by atoms with E-state index in [1.807, 2.05) is 18.2 Å². The van der Waals surface area contributed by atoms with Crippen molar-refractivity contribution < 1.29 is 4.39 Å². The maximum atomic E-state index is 13.6. The molecule has 96 valence electrons. The summed E-state index contributed by atoms with van der Waals surface area (Å²) in [6.07, 6.45) is 8.23. The van der Waals surface area contributed by atoms with Gasteiger partial charge in [0.15, 0.2) is 0 Å². The fraction of sp³-hybridized carbons (Fsp3) is 0.500. The minimum Gasteiger partial charge on any atom is -0.316 e. The monoisotopic (exact) mass is 245 g/mol. The first-order valence-corrected chi connectivity index (χ1v) is 6.98. The van der Waals surface area contributed by atoms with Crippen LogP contribution in [0, 0.1) is 23.6 Å². The Bertz CT molecular complexity index is 418. The third-order valence-corrected chi connectivity index (χ3v) is 4.45. The Morgan fingerprint density at radius 1 is 1.11 bits per heavy atom. The minimum absolute atomic E-state index is 0.118. The van der Waals surface area contributed by atoms with Gasteiger partial charge in [0.25, 0.3) is 0 Å². The molecule has 2 unspecified atom stereocenters. The number of hydrogen-bond donors (Lipinski definition) is 1. The van der Waals surface area contributed by atoms with Crippen LogP contribution < -0.4 is 5.32 Å². The van der Waals surface area contributed by atoms with Crippen molar-refractivity contribution in [2.75, 3.05) is 13.1 Å². The molecular formula is C16H20FN. The quantitative estimate of drug-likeness (QED) is 0.841. The topological polar surface area (TPSA) is 12.0 Å². The molecule has 1 aromatic rings. The van der Waals surface area contributed by atoms with Crippen LogP contribution in [0.4, 0.5) is 4.39 Å². The summed E-state index contributed by atoms with van der Waals surface area (Å²) in [5.41, 5.74) is 0.717. The first kappa shape index (κ1) is 11.9. The number of benzene rings is 1. The summed E-state index contributed by atoms with van der Waals surface area (Å²) >= 11 is 0. The summed E-state index contributed by atoms with van der Waals surface area (Å²) in [4.78, 5) is 0. The summed E-state index contributed by atoms with van der Waals surface area (Å²) in [7, 11) is 0. The fourth-order valence-corrected chi connectivity index (χ4v) is 3.48. The molecular weight excluding hydrogens is 225 g/mol. The molecule has 1 aromatic carbocycles. The Kier molecular flexibility index (Phi) is 3.46. The number of allylic oxidation sites excluding steroid dienone is 1. The van der Waals surface area contributed by atoms with Gasteiger partial charge in [0.05, 0.1) is 0 Å². The molecule has 0 spiro atoms. The molecule has 1 nitrogen and oxygen atoms in total. The van der Waals surface area contributed by atoms with Gasteiger partial charge in [-0.2, -0.15) is 0 Å². The smallest absolute Gasteiger partial charge is 0.130 e. The molecule has 1 saturated carbocycles. The van der Waals surface area contributed by atoms with Gasteiger partial charge < -0.3 is 5.32 Å². The number of rotatable bonds is 2. The van der Waals surface area contributed by atoms with E-state index in [9.17, 15) is 4.39 Å². The molecule has 2 atom stereocenters. The predicted octanol–water partition coefficient (Wildman–Crippen LogP) is 3.47. The minimum atomic E-state index is -0.118. The van der Waals surface area contributed by atoms with E-state index in [2.05, 4.69) is 11.4 Å². The summed E-state index contributed by atoms with van der Waals surface area (Å²) in [5, 5.41) is 3.52. The van der Waals surface area contributed by atoms with Crippen molar-refractivity contribution >= 4 is 6.08 Å². The van der Waals surface area contributed by atoms with E-state index in [1.165, 1.54) is 25.3 Å². The Labute approximate surface area is 108 Å². The van der Waals surface area contributed by atoms with Crippen LogP contribution in [-0.2, 0) is 0 Å². The molecule has 2 aliphatic rings. The molecule has 1 aliphatic carbocycles. The average Bonchev–Trinajstić information content (AvgIpc) is 2.37. The van der Waals surface area contributed by atoms with Crippen LogP contribution in [0.1, 0.15) is 24.8 Å². The number of hydrogen-bond acceptors (Lipinski definition) is 1. The second-order valence-electron chi connectivity index (χ2n) is 5.57. The second-order valence-corrected chi connectivity index (χ2v) is 5.57. The third-order valence-electron chi connectivity index (χ3n) is 4.45. The highest BCUT2D eigenvalue weighted by Gasteiger charge is 2.34. The molecule has 1 saturated heterocycles. The number of piperidine rings is 1. The first-order chi connectivity index (χ1) is 8.84. The van der Waals surface area contributed by atoms with Gasteiger partial charge in [-0.1, -0.05) is 36.8 Å². The van der Waals surface area contributed by atoms with Crippen LogP contribution in [0.3, 0.4) is 0 Å². The molecule has 0 aromatic heterocycles. The van der Waals surface area contributed by atoms with Gasteiger partial charge in [0.2, 0.25) is 0 Å². The zero-order chi connectivity index (χ0) is 12.4. The van der Waals surface area contributed by atoms with Gasteiger partial charge >= 0.3 is 0 Å². The van der Waals surface area contributed by atoms with E-state index in [4.69, 9.17) is 0 Å². The molecule has 2 fully saturated rings. The van der Waals surface area contributed by atoms with Gasteiger partial charge in [-0.25, -0.2) is 4.39 Å². The van der Waals surface area contributed by atoms with Crippen molar-refractivity contribution in [1.82, 2.24) is 5.32 Å². The zero-order valence-corrected chi connectivity index (χ0v) is 10.6. The standard InChI is InChI=1S/C16H20FN/c17-16-7-2-1-4-12(16)8-9-15-13-5-3-6-14(15)11-18-10-13/h1-2,4,7-9,13-15,18H,3,5-6,10-11H2/b9-8+. The molecule has 0 radical (unpaired) electrons. The molecule has 1 aliphatic heterocycles. The molecule has 3 rings (SSSR count). The van der Waals surface area contributed by atoms with Gasteiger partial charge in [-0.3, -0.25) is 0 Å². The van der Waals surface area contributed by atoms with Crippen LogP contribution in [0.5, 0.6) is 0 Å². The lowest BCUT2D eigenvalue weighted by Gasteiger charge is -2.41. The molecule has 2 heteroatoms. The maximum Gasteiger partial charge on any atom is 0.130 e. The second kappa shape index (κ2) is 5.23. The Morgan fingerprint density at radius 2 is 1.83 bits per heavy atom. The van der Waals surface area contributed by atoms with Crippen LogP contribution in [-0.4, -0.2) is 13.1 Å².